The largest absolute Gasteiger partial charge is 0.456 e. The number of nitrogens with two attached hydrogens (primary N) is 1. The summed E-state index contributed by atoms with van der Waals surface area (Å²) in [6.07, 6.45) is -5.14. The standard InChI is InChI=1S/C11H15F3N2O3/c1-7-8(5-9(19-7)10(17)16-15)6-18-4-2-3-11(12,13)14/h5H,2-4,6,15H2,1H3,(H,16,17). The number of hydrogen-bond acceptors (Lipinski definition) is 4. The number of aryl methyl sites for hydroxylation is 1. The van der Waals surface area contributed by atoms with Crippen molar-refractivity contribution in [1.82, 2.24) is 5.43 Å². The average Bonchev–Trinajstić information content (AvgIpc) is 2.68. The lowest BCUT2D eigenvalue weighted by atomic mass is 10.2. The smallest absolute Gasteiger partial charge is 0.389 e. The number of carbonyl (C=O) groups excluding carboxylic acids is 1. The number of hydrogen-bond donors (Lipinski definition) is 2. The number of carbonyl (C=O) groups is 1. The van der Waals surface area contributed by atoms with Gasteiger partial charge in [-0.3, -0.25) is 10.2 Å². The van der Waals surface area contributed by atoms with E-state index < -0.39 is 18.5 Å². The molecule has 0 saturated carbocycles. The lowest BCUT2D eigenvalue weighted by molar-refractivity contribution is -0.138. The highest BCUT2D eigenvalue weighted by Gasteiger charge is 2.25. The Morgan fingerprint density at radius 2 is 2.21 bits per heavy atom. The zero-order valence-corrected chi connectivity index (χ0v) is 10.3. The van der Waals surface area contributed by atoms with Crippen molar-refractivity contribution in [2.45, 2.75) is 32.5 Å². The number of halogens is 3. The van der Waals surface area contributed by atoms with Gasteiger partial charge in [0.25, 0.3) is 0 Å². The molecule has 19 heavy (non-hydrogen) atoms. The highest BCUT2D eigenvalue weighted by molar-refractivity contribution is 5.91. The minimum Gasteiger partial charge on any atom is -0.456 e. The van der Waals surface area contributed by atoms with Crippen molar-refractivity contribution < 1.29 is 27.1 Å². The third-order valence-corrected chi connectivity index (χ3v) is 2.38. The summed E-state index contributed by atoms with van der Waals surface area (Å²) in [4.78, 5) is 11.2. The van der Waals surface area contributed by atoms with Crippen LogP contribution in [0.4, 0.5) is 13.2 Å². The van der Waals surface area contributed by atoms with Crippen LogP contribution in [0.25, 0.3) is 0 Å². The molecule has 0 atom stereocenters. The Labute approximate surface area is 107 Å². The van der Waals surface area contributed by atoms with E-state index in [0.717, 1.165) is 0 Å². The van der Waals surface area contributed by atoms with Gasteiger partial charge in [0, 0.05) is 18.6 Å². The van der Waals surface area contributed by atoms with E-state index in [2.05, 4.69) is 0 Å². The number of rotatable bonds is 6. The predicted octanol–water partition coefficient (Wildman–Crippen LogP) is 2.05. The van der Waals surface area contributed by atoms with Crippen molar-refractivity contribution in [3.63, 3.8) is 0 Å². The van der Waals surface area contributed by atoms with Gasteiger partial charge in [-0.15, -0.1) is 0 Å². The van der Waals surface area contributed by atoms with Gasteiger partial charge >= 0.3 is 12.1 Å². The second-order valence-corrected chi connectivity index (χ2v) is 3.94. The maximum Gasteiger partial charge on any atom is 0.389 e. The van der Waals surface area contributed by atoms with Gasteiger partial charge in [-0.25, -0.2) is 5.84 Å². The first-order valence-corrected chi connectivity index (χ1v) is 5.58. The minimum absolute atomic E-state index is 0.0114. The fourth-order valence-corrected chi connectivity index (χ4v) is 1.40. The Hall–Kier alpha value is -1.54. The molecule has 1 rings (SSSR count). The molecule has 0 unspecified atom stereocenters. The molecule has 3 N–H and O–H groups in total. The van der Waals surface area contributed by atoms with E-state index in [4.69, 9.17) is 15.0 Å². The normalized spacial score (nSPS) is 11.6. The molecule has 8 heteroatoms. The van der Waals surface area contributed by atoms with Crippen molar-refractivity contribution in [3.05, 3.63) is 23.2 Å². The van der Waals surface area contributed by atoms with Crippen molar-refractivity contribution in [1.29, 1.82) is 0 Å². The van der Waals surface area contributed by atoms with Crippen LogP contribution >= 0.6 is 0 Å². The molecule has 0 bridgehead atoms. The van der Waals surface area contributed by atoms with Crippen molar-refractivity contribution in [2.24, 2.45) is 5.84 Å². The van der Waals surface area contributed by atoms with E-state index in [1.54, 1.807) is 6.92 Å². The maximum atomic E-state index is 11.9. The van der Waals surface area contributed by atoms with Gasteiger partial charge in [0.1, 0.15) is 5.76 Å². The first-order chi connectivity index (χ1) is 8.83. The zero-order valence-electron chi connectivity index (χ0n) is 10.3. The van der Waals surface area contributed by atoms with E-state index in [1.165, 1.54) is 6.07 Å². The third kappa shape index (κ3) is 5.31. The van der Waals surface area contributed by atoms with Gasteiger partial charge in [0.05, 0.1) is 6.61 Å². The summed E-state index contributed by atoms with van der Waals surface area (Å²) < 4.78 is 45.8. The van der Waals surface area contributed by atoms with Crippen LogP contribution in [-0.4, -0.2) is 18.7 Å². The number of alkyl halides is 3. The van der Waals surface area contributed by atoms with Crippen LogP contribution in [0, 0.1) is 6.92 Å². The Balaban J connectivity index is 2.37. The van der Waals surface area contributed by atoms with Crippen molar-refractivity contribution in [3.8, 4) is 0 Å². The summed E-state index contributed by atoms with van der Waals surface area (Å²) in [5, 5.41) is 0. The first kappa shape index (κ1) is 15.5. The van der Waals surface area contributed by atoms with E-state index in [0.29, 0.717) is 11.3 Å². The lowest BCUT2D eigenvalue weighted by Gasteiger charge is -2.06. The van der Waals surface area contributed by atoms with Crippen LogP contribution in [-0.2, 0) is 11.3 Å². The number of furan rings is 1. The molecule has 1 heterocycles. The highest BCUT2D eigenvalue weighted by Crippen LogP contribution is 2.21. The third-order valence-electron chi connectivity index (χ3n) is 2.38. The van der Waals surface area contributed by atoms with E-state index in [1.807, 2.05) is 5.43 Å². The Bertz CT molecular complexity index is 429. The maximum absolute atomic E-state index is 11.9. The monoisotopic (exact) mass is 280 g/mol. The van der Waals surface area contributed by atoms with Crippen LogP contribution < -0.4 is 11.3 Å². The highest BCUT2D eigenvalue weighted by atomic mass is 19.4. The Morgan fingerprint density at radius 1 is 1.53 bits per heavy atom. The summed E-state index contributed by atoms with van der Waals surface area (Å²) in [5.74, 6) is 4.87. The van der Waals surface area contributed by atoms with Crippen LogP contribution in [0.5, 0.6) is 0 Å². The summed E-state index contributed by atoms with van der Waals surface area (Å²) in [6, 6.07) is 1.45. The fraction of sp³-hybridized carbons (Fsp3) is 0.545. The topological polar surface area (TPSA) is 77.5 Å². The quantitative estimate of drug-likeness (QED) is 0.362. The number of nitrogens with one attached hydrogen (secondary N) is 1. The summed E-state index contributed by atoms with van der Waals surface area (Å²) in [7, 11) is 0. The van der Waals surface area contributed by atoms with Crippen molar-refractivity contribution >= 4 is 5.91 Å². The number of hydrazine groups is 1. The number of nitrogen functional groups attached to an aromatic ring is 1. The average molecular weight is 280 g/mol. The second-order valence-electron chi connectivity index (χ2n) is 3.94. The predicted molar refractivity (Wildman–Crippen MR) is 60.0 cm³/mol. The van der Waals surface area contributed by atoms with Gasteiger partial charge in [-0.05, 0) is 19.4 Å². The molecule has 0 fully saturated rings. The van der Waals surface area contributed by atoms with Gasteiger partial charge in [0.2, 0.25) is 0 Å². The molecule has 0 aliphatic heterocycles. The number of ether oxygens (including phenoxy) is 1. The molecule has 0 aliphatic carbocycles. The van der Waals surface area contributed by atoms with Gasteiger partial charge < -0.3 is 9.15 Å². The molecule has 1 aromatic rings. The first-order valence-electron chi connectivity index (χ1n) is 5.58. The van der Waals surface area contributed by atoms with Crippen LogP contribution in [0.15, 0.2) is 10.5 Å². The fourth-order valence-electron chi connectivity index (χ4n) is 1.40. The van der Waals surface area contributed by atoms with Crippen LogP contribution in [0.3, 0.4) is 0 Å². The SMILES string of the molecule is Cc1oc(C(=O)NN)cc1COCCCC(F)(F)F. The van der Waals surface area contributed by atoms with E-state index in [9.17, 15) is 18.0 Å². The molecule has 0 aliphatic rings. The molecular formula is C11H15F3N2O3. The molecule has 1 aromatic heterocycles. The summed E-state index contributed by atoms with van der Waals surface area (Å²) in [5.41, 5.74) is 2.52. The van der Waals surface area contributed by atoms with Gasteiger partial charge in [-0.1, -0.05) is 0 Å². The minimum atomic E-state index is -4.17. The lowest BCUT2D eigenvalue weighted by Crippen LogP contribution is -2.29. The van der Waals surface area contributed by atoms with Gasteiger partial charge in [-0.2, -0.15) is 13.2 Å². The van der Waals surface area contributed by atoms with Gasteiger partial charge in [0.15, 0.2) is 5.76 Å². The second kappa shape index (κ2) is 6.58. The van der Waals surface area contributed by atoms with Crippen LogP contribution in [0.1, 0.15) is 34.7 Å². The van der Waals surface area contributed by atoms with E-state index in [-0.39, 0.29) is 25.4 Å². The Kier molecular flexibility index (Phi) is 5.37. The molecular weight excluding hydrogens is 265 g/mol. The summed E-state index contributed by atoms with van der Waals surface area (Å²) in [6.45, 7) is 1.70. The number of amides is 1. The molecule has 0 spiro atoms. The Morgan fingerprint density at radius 3 is 2.79 bits per heavy atom. The van der Waals surface area contributed by atoms with E-state index >= 15 is 0 Å². The van der Waals surface area contributed by atoms with Crippen molar-refractivity contribution in [2.75, 3.05) is 6.61 Å². The molecule has 1 amide bonds. The molecule has 0 saturated heterocycles. The molecule has 5 nitrogen and oxygen atoms in total. The zero-order chi connectivity index (χ0) is 14.5. The molecule has 108 valence electrons. The van der Waals surface area contributed by atoms with Crippen LogP contribution in [0.2, 0.25) is 0 Å². The summed E-state index contributed by atoms with van der Waals surface area (Å²) >= 11 is 0. The molecule has 0 aromatic carbocycles. The molecule has 0 radical (unpaired) electrons.